The third kappa shape index (κ3) is 5.33. The zero-order chi connectivity index (χ0) is 23.9. The summed E-state index contributed by atoms with van der Waals surface area (Å²) in [6.45, 7) is 0.645. The van der Waals surface area contributed by atoms with E-state index in [1.165, 1.54) is 5.56 Å². The Morgan fingerprint density at radius 2 is 1.57 bits per heavy atom. The fraction of sp³-hybridized carbons (Fsp3) is 0.179. The van der Waals surface area contributed by atoms with E-state index in [1.807, 2.05) is 28.9 Å². The van der Waals surface area contributed by atoms with Gasteiger partial charge in [0, 0.05) is 24.8 Å². The highest BCUT2D eigenvalue weighted by Gasteiger charge is 2.12. The van der Waals surface area contributed by atoms with Gasteiger partial charge in [0.1, 0.15) is 5.82 Å². The van der Waals surface area contributed by atoms with Crippen LogP contribution in [-0.4, -0.2) is 35.4 Å². The monoisotopic (exact) mass is 459 g/mol. The lowest BCUT2D eigenvalue weighted by Gasteiger charge is -2.09. The van der Waals surface area contributed by atoms with Crippen LogP contribution in [0, 0.1) is 12.3 Å². The summed E-state index contributed by atoms with van der Waals surface area (Å²) in [5.41, 5.74) is 5.55. The molecule has 2 aromatic heterocycles. The number of nitrogens with zero attached hydrogens (tertiary/aromatic N) is 6. The average molecular weight is 460 g/mol. The van der Waals surface area contributed by atoms with Gasteiger partial charge in [-0.15, -0.1) is 17.4 Å². The molecule has 0 aliphatic rings. The number of hydrogen-bond donors (Lipinski definition) is 1. The van der Waals surface area contributed by atoms with Gasteiger partial charge in [-0.1, -0.05) is 78.9 Å². The Morgan fingerprint density at radius 3 is 2.31 bits per heavy atom. The molecule has 5 rings (SSSR count). The molecule has 0 amide bonds. The summed E-state index contributed by atoms with van der Waals surface area (Å²) in [4.78, 5) is 4.80. The van der Waals surface area contributed by atoms with Crippen LogP contribution in [0.5, 0.6) is 0 Å². The van der Waals surface area contributed by atoms with Gasteiger partial charge in [-0.3, -0.25) is 0 Å². The lowest BCUT2D eigenvalue weighted by molar-refractivity contribution is 0.630. The largest absolute Gasteiger partial charge is 0.245 e. The average Bonchev–Trinajstić information content (AvgIpc) is 3.58. The fourth-order valence-electron chi connectivity index (χ4n) is 4.11. The van der Waals surface area contributed by atoms with Gasteiger partial charge in [0.05, 0.1) is 6.54 Å². The van der Waals surface area contributed by atoms with E-state index in [-0.39, 0.29) is 0 Å². The topological polar surface area (TPSA) is 85.2 Å². The van der Waals surface area contributed by atoms with Crippen LogP contribution in [-0.2, 0) is 25.8 Å². The van der Waals surface area contributed by atoms with Crippen molar-refractivity contribution < 1.29 is 0 Å². The Kier molecular flexibility index (Phi) is 6.72. The number of hydrogen-bond acceptors (Lipinski definition) is 5. The van der Waals surface area contributed by atoms with E-state index in [9.17, 15) is 0 Å². The third-order valence-corrected chi connectivity index (χ3v) is 5.89. The van der Waals surface area contributed by atoms with Gasteiger partial charge in [0.2, 0.25) is 0 Å². The number of aromatic nitrogens is 7. The van der Waals surface area contributed by atoms with Crippen molar-refractivity contribution in [2.75, 3.05) is 0 Å². The highest BCUT2D eigenvalue weighted by molar-refractivity contribution is 5.80. The third-order valence-electron chi connectivity index (χ3n) is 5.89. The summed E-state index contributed by atoms with van der Waals surface area (Å²) >= 11 is 0. The number of aromatic amines is 1. The number of terminal acetylenes is 1. The van der Waals surface area contributed by atoms with E-state index in [4.69, 9.17) is 16.5 Å². The van der Waals surface area contributed by atoms with Crippen LogP contribution in [0.15, 0.2) is 78.9 Å². The normalized spacial score (nSPS) is 10.8. The van der Waals surface area contributed by atoms with Gasteiger partial charge in [-0.05, 0) is 39.1 Å². The van der Waals surface area contributed by atoms with Gasteiger partial charge in [-0.25, -0.2) is 14.8 Å². The van der Waals surface area contributed by atoms with E-state index in [0.29, 0.717) is 25.2 Å². The minimum absolute atomic E-state index is 0.642. The van der Waals surface area contributed by atoms with E-state index < -0.39 is 0 Å². The summed E-state index contributed by atoms with van der Waals surface area (Å²) in [6.07, 6.45) is 8.58. The Labute approximate surface area is 204 Å². The molecule has 0 aliphatic carbocycles. The molecule has 7 nitrogen and oxygen atoms in total. The molecular formula is C28H25N7. The first-order chi connectivity index (χ1) is 17.3. The van der Waals surface area contributed by atoms with Crippen molar-refractivity contribution >= 4 is 0 Å². The second-order valence-electron chi connectivity index (χ2n) is 8.28. The van der Waals surface area contributed by atoms with Crippen LogP contribution in [0.3, 0.4) is 0 Å². The van der Waals surface area contributed by atoms with Crippen molar-refractivity contribution in [3.63, 3.8) is 0 Å². The number of aryl methyl sites for hydroxylation is 3. The van der Waals surface area contributed by atoms with E-state index in [1.54, 1.807) is 0 Å². The van der Waals surface area contributed by atoms with Gasteiger partial charge in [0.25, 0.3) is 0 Å². The molecule has 0 aliphatic heterocycles. The number of nitrogens with one attached hydrogen (secondary N) is 1. The molecule has 0 fully saturated rings. The van der Waals surface area contributed by atoms with Gasteiger partial charge >= 0.3 is 0 Å². The smallest absolute Gasteiger partial charge is 0.180 e. The Morgan fingerprint density at radius 1 is 0.800 bits per heavy atom. The molecule has 0 bridgehead atoms. The second kappa shape index (κ2) is 10.6. The molecular weight excluding hydrogens is 434 g/mol. The Balaban J connectivity index is 1.34. The van der Waals surface area contributed by atoms with Crippen LogP contribution in [0.1, 0.15) is 29.2 Å². The van der Waals surface area contributed by atoms with Crippen LogP contribution in [0.2, 0.25) is 0 Å². The lowest BCUT2D eigenvalue weighted by atomic mass is 9.98. The molecule has 0 spiro atoms. The molecule has 35 heavy (non-hydrogen) atoms. The van der Waals surface area contributed by atoms with Gasteiger partial charge in [-0.2, -0.15) is 5.10 Å². The zero-order valence-corrected chi connectivity index (χ0v) is 19.3. The molecule has 2 heterocycles. The predicted molar refractivity (Wildman–Crippen MR) is 135 cm³/mol. The van der Waals surface area contributed by atoms with Crippen molar-refractivity contribution in [3.8, 4) is 34.9 Å². The molecule has 7 heteroatoms. The van der Waals surface area contributed by atoms with Crippen LogP contribution >= 0.6 is 0 Å². The summed E-state index contributed by atoms with van der Waals surface area (Å²) < 4.78 is 1.99. The standard InChI is InChI=1S/C28H25N7/c1-2-3-13-27-29-26(19-16-21-9-5-4-6-10-21)32-35(27)20-22-14-17-23(18-15-22)24-11-7-8-12-25(24)28-30-33-34-31-28/h1,4-12,14-15,17-18H,3,13,16,19-20H2,(H,30,31,33,34). The summed E-state index contributed by atoms with van der Waals surface area (Å²) in [5, 5.41) is 19.1. The van der Waals surface area contributed by atoms with Crippen LogP contribution in [0.25, 0.3) is 22.5 Å². The summed E-state index contributed by atoms with van der Waals surface area (Å²) in [5.74, 6) is 5.15. The Hall–Kier alpha value is -4.57. The first kappa shape index (κ1) is 22.2. The number of tetrazole rings is 1. The number of benzene rings is 3. The first-order valence-corrected chi connectivity index (χ1v) is 11.6. The second-order valence-corrected chi connectivity index (χ2v) is 8.28. The van der Waals surface area contributed by atoms with Crippen molar-refractivity contribution in [3.05, 3.63) is 102 Å². The first-order valence-electron chi connectivity index (χ1n) is 11.6. The predicted octanol–water partition coefficient (Wildman–Crippen LogP) is 4.52. The molecule has 0 radical (unpaired) electrons. The van der Waals surface area contributed by atoms with Gasteiger partial charge < -0.3 is 0 Å². The molecule has 5 aromatic rings. The molecule has 0 saturated heterocycles. The molecule has 172 valence electrons. The maximum absolute atomic E-state index is 5.52. The van der Waals surface area contributed by atoms with E-state index in [2.05, 4.69) is 81.1 Å². The molecule has 0 atom stereocenters. The number of rotatable bonds is 9. The van der Waals surface area contributed by atoms with Gasteiger partial charge in [0.15, 0.2) is 11.6 Å². The maximum Gasteiger partial charge on any atom is 0.180 e. The summed E-state index contributed by atoms with van der Waals surface area (Å²) in [6, 6.07) is 27.0. The highest BCUT2D eigenvalue weighted by atomic mass is 15.5. The molecule has 3 aromatic carbocycles. The van der Waals surface area contributed by atoms with Crippen molar-refractivity contribution in [2.24, 2.45) is 0 Å². The lowest BCUT2D eigenvalue weighted by Crippen LogP contribution is -2.07. The van der Waals surface area contributed by atoms with Crippen molar-refractivity contribution in [1.82, 2.24) is 35.4 Å². The van der Waals surface area contributed by atoms with Crippen molar-refractivity contribution in [2.45, 2.75) is 32.2 Å². The van der Waals surface area contributed by atoms with E-state index >= 15 is 0 Å². The SMILES string of the molecule is C#CCCc1nc(CCc2ccccc2)nn1Cc1ccc(-c2ccccc2-c2nnn[nH]2)cc1. The Bertz CT molecular complexity index is 1410. The summed E-state index contributed by atoms with van der Waals surface area (Å²) in [7, 11) is 0. The van der Waals surface area contributed by atoms with Crippen molar-refractivity contribution in [1.29, 1.82) is 0 Å². The minimum Gasteiger partial charge on any atom is -0.245 e. The van der Waals surface area contributed by atoms with Crippen LogP contribution < -0.4 is 0 Å². The van der Waals surface area contributed by atoms with Crippen LogP contribution in [0.4, 0.5) is 0 Å². The zero-order valence-electron chi connectivity index (χ0n) is 19.3. The highest BCUT2D eigenvalue weighted by Crippen LogP contribution is 2.29. The molecule has 0 saturated carbocycles. The quantitative estimate of drug-likeness (QED) is 0.328. The maximum atomic E-state index is 5.52. The fourth-order valence-corrected chi connectivity index (χ4v) is 4.11. The molecule has 0 unspecified atom stereocenters. The minimum atomic E-state index is 0.642. The number of H-pyrrole nitrogens is 1. The molecule has 1 N–H and O–H groups in total. The van der Waals surface area contributed by atoms with E-state index in [0.717, 1.165) is 46.7 Å².